The SMILES string of the molecule is CC1CCc2sc(C(=O)NCc3ccco3)cc2C1. The lowest BCUT2D eigenvalue weighted by Crippen LogP contribution is -2.21. The minimum atomic E-state index is 0.00320. The molecule has 0 saturated heterocycles. The largest absolute Gasteiger partial charge is 0.467 e. The van der Waals surface area contributed by atoms with Gasteiger partial charge in [-0.2, -0.15) is 0 Å². The van der Waals surface area contributed by atoms with Crippen LogP contribution in [-0.2, 0) is 19.4 Å². The van der Waals surface area contributed by atoms with Gasteiger partial charge in [-0.1, -0.05) is 6.92 Å². The monoisotopic (exact) mass is 275 g/mol. The first-order chi connectivity index (χ1) is 9.22. The molecule has 2 aromatic heterocycles. The van der Waals surface area contributed by atoms with Gasteiger partial charge >= 0.3 is 0 Å². The third-order valence-electron chi connectivity index (χ3n) is 3.56. The lowest BCUT2D eigenvalue weighted by atomic mass is 9.90. The molecule has 1 unspecified atom stereocenters. The summed E-state index contributed by atoms with van der Waals surface area (Å²) in [5, 5.41) is 2.90. The normalized spacial score (nSPS) is 18.1. The summed E-state index contributed by atoms with van der Waals surface area (Å²) in [5.74, 6) is 1.52. The summed E-state index contributed by atoms with van der Waals surface area (Å²) in [4.78, 5) is 14.3. The number of carbonyl (C=O) groups is 1. The fourth-order valence-electron chi connectivity index (χ4n) is 2.49. The van der Waals surface area contributed by atoms with Gasteiger partial charge < -0.3 is 9.73 Å². The molecule has 2 heterocycles. The lowest BCUT2D eigenvalue weighted by Gasteiger charge is -2.16. The third-order valence-corrected chi connectivity index (χ3v) is 4.79. The van der Waals surface area contributed by atoms with E-state index in [1.807, 2.05) is 12.1 Å². The molecule has 100 valence electrons. The van der Waals surface area contributed by atoms with E-state index in [2.05, 4.69) is 18.3 Å². The average Bonchev–Trinajstić information content (AvgIpc) is 3.04. The number of furan rings is 1. The van der Waals surface area contributed by atoms with E-state index in [0.29, 0.717) is 6.54 Å². The molecule has 0 aromatic carbocycles. The van der Waals surface area contributed by atoms with Crippen molar-refractivity contribution in [1.29, 1.82) is 0 Å². The van der Waals surface area contributed by atoms with E-state index >= 15 is 0 Å². The van der Waals surface area contributed by atoms with E-state index < -0.39 is 0 Å². The van der Waals surface area contributed by atoms with Crippen LogP contribution in [0.1, 0.15) is 39.2 Å². The summed E-state index contributed by atoms with van der Waals surface area (Å²) in [6, 6.07) is 5.75. The van der Waals surface area contributed by atoms with Gasteiger partial charge in [-0.3, -0.25) is 4.79 Å². The molecule has 0 saturated carbocycles. The predicted octanol–water partition coefficient (Wildman–Crippen LogP) is 3.40. The van der Waals surface area contributed by atoms with Gasteiger partial charge in [0.2, 0.25) is 0 Å². The van der Waals surface area contributed by atoms with Gasteiger partial charge in [0.15, 0.2) is 0 Å². The zero-order valence-corrected chi connectivity index (χ0v) is 11.8. The van der Waals surface area contributed by atoms with Crippen molar-refractivity contribution in [3.63, 3.8) is 0 Å². The second kappa shape index (κ2) is 5.21. The Bertz CT molecular complexity index is 571. The first-order valence-electron chi connectivity index (χ1n) is 6.64. The highest BCUT2D eigenvalue weighted by atomic mass is 32.1. The molecular formula is C15H17NO2S. The standard InChI is InChI=1S/C15H17NO2S/c1-10-4-5-13-11(7-10)8-14(19-13)15(17)16-9-12-3-2-6-18-12/h2-3,6,8,10H,4-5,7,9H2,1H3,(H,16,17). The zero-order chi connectivity index (χ0) is 13.2. The molecule has 1 aliphatic rings. The highest BCUT2D eigenvalue weighted by Gasteiger charge is 2.20. The summed E-state index contributed by atoms with van der Waals surface area (Å²) >= 11 is 1.64. The van der Waals surface area contributed by atoms with Crippen molar-refractivity contribution in [1.82, 2.24) is 5.32 Å². The van der Waals surface area contributed by atoms with Crippen molar-refractivity contribution in [3.8, 4) is 0 Å². The van der Waals surface area contributed by atoms with Crippen LogP contribution < -0.4 is 5.32 Å². The third kappa shape index (κ3) is 2.73. The van der Waals surface area contributed by atoms with Gasteiger partial charge in [-0.25, -0.2) is 0 Å². The Kier molecular flexibility index (Phi) is 3.42. The number of hydrogen-bond donors (Lipinski definition) is 1. The maximum atomic E-state index is 12.1. The van der Waals surface area contributed by atoms with E-state index in [1.165, 1.54) is 16.9 Å². The number of aryl methyl sites for hydroxylation is 1. The average molecular weight is 275 g/mol. The summed E-state index contributed by atoms with van der Waals surface area (Å²) in [6.45, 7) is 2.72. The van der Waals surface area contributed by atoms with Gasteiger partial charge in [-0.15, -0.1) is 11.3 Å². The van der Waals surface area contributed by atoms with Gasteiger partial charge in [-0.05, 0) is 48.9 Å². The molecule has 3 rings (SSSR count). The van der Waals surface area contributed by atoms with Crippen LogP contribution in [0.2, 0.25) is 0 Å². The fourth-order valence-corrected chi connectivity index (χ4v) is 3.61. The number of rotatable bonds is 3. The van der Waals surface area contributed by atoms with Crippen LogP contribution in [0.5, 0.6) is 0 Å². The molecular weight excluding hydrogens is 258 g/mol. The predicted molar refractivity (Wildman–Crippen MR) is 75.4 cm³/mol. The molecule has 1 atom stereocenters. The van der Waals surface area contributed by atoms with E-state index in [9.17, 15) is 4.79 Å². The lowest BCUT2D eigenvalue weighted by molar-refractivity contribution is 0.0952. The van der Waals surface area contributed by atoms with Gasteiger partial charge in [0, 0.05) is 4.88 Å². The van der Waals surface area contributed by atoms with E-state index in [4.69, 9.17) is 4.42 Å². The molecule has 0 aliphatic heterocycles. The van der Waals surface area contributed by atoms with Gasteiger partial charge in [0.05, 0.1) is 17.7 Å². The Morgan fingerprint density at radius 1 is 1.58 bits per heavy atom. The smallest absolute Gasteiger partial charge is 0.261 e. The maximum Gasteiger partial charge on any atom is 0.261 e. The van der Waals surface area contributed by atoms with Crippen molar-refractivity contribution in [2.75, 3.05) is 0 Å². The molecule has 4 heteroatoms. The van der Waals surface area contributed by atoms with Crippen LogP contribution in [-0.4, -0.2) is 5.91 Å². The van der Waals surface area contributed by atoms with Crippen LogP contribution in [0.25, 0.3) is 0 Å². The minimum absolute atomic E-state index is 0.00320. The Hall–Kier alpha value is -1.55. The summed E-state index contributed by atoms with van der Waals surface area (Å²) in [7, 11) is 0. The molecule has 0 fully saturated rings. The first-order valence-corrected chi connectivity index (χ1v) is 7.46. The molecule has 0 radical (unpaired) electrons. The number of hydrogen-bond acceptors (Lipinski definition) is 3. The summed E-state index contributed by atoms with van der Waals surface area (Å²) in [6.07, 6.45) is 5.08. The molecule has 2 aromatic rings. The molecule has 1 aliphatic carbocycles. The van der Waals surface area contributed by atoms with Gasteiger partial charge in [0.25, 0.3) is 5.91 Å². The van der Waals surface area contributed by atoms with E-state index in [0.717, 1.165) is 29.4 Å². The minimum Gasteiger partial charge on any atom is -0.467 e. The van der Waals surface area contributed by atoms with Crippen molar-refractivity contribution in [2.24, 2.45) is 5.92 Å². The Balaban J connectivity index is 1.67. The topological polar surface area (TPSA) is 42.2 Å². The molecule has 1 amide bonds. The highest BCUT2D eigenvalue weighted by molar-refractivity contribution is 7.14. The molecule has 0 bridgehead atoms. The molecule has 0 spiro atoms. The van der Waals surface area contributed by atoms with Crippen LogP contribution in [0, 0.1) is 5.92 Å². The van der Waals surface area contributed by atoms with E-state index in [1.54, 1.807) is 17.6 Å². The summed E-state index contributed by atoms with van der Waals surface area (Å²) < 4.78 is 5.20. The Morgan fingerprint density at radius 2 is 2.47 bits per heavy atom. The maximum absolute atomic E-state index is 12.1. The number of carbonyl (C=O) groups excluding carboxylic acids is 1. The zero-order valence-electron chi connectivity index (χ0n) is 10.9. The Morgan fingerprint density at radius 3 is 3.26 bits per heavy atom. The van der Waals surface area contributed by atoms with E-state index in [-0.39, 0.29) is 5.91 Å². The van der Waals surface area contributed by atoms with Crippen LogP contribution >= 0.6 is 11.3 Å². The first kappa shape index (κ1) is 12.5. The van der Waals surface area contributed by atoms with Crippen molar-refractivity contribution in [3.05, 3.63) is 45.5 Å². The van der Waals surface area contributed by atoms with Crippen molar-refractivity contribution < 1.29 is 9.21 Å². The fraction of sp³-hybridized carbons (Fsp3) is 0.400. The summed E-state index contributed by atoms with van der Waals surface area (Å²) in [5.41, 5.74) is 1.37. The van der Waals surface area contributed by atoms with Crippen LogP contribution in [0.15, 0.2) is 28.9 Å². The quantitative estimate of drug-likeness (QED) is 0.933. The van der Waals surface area contributed by atoms with Crippen molar-refractivity contribution >= 4 is 17.2 Å². The second-order valence-corrected chi connectivity index (χ2v) is 6.31. The van der Waals surface area contributed by atoms with Crippen molar-refractivity contribution in [2.45, 2.75) is 32.7 Å². The number of thiophene rings is 1. The van der Waals surface area contributed by atoms with Crippen LogP contribution in [0.3, 0.4) is 0 Å². The molecule has 1 N–H and O–H groups in total. The second-order valence-electron chi connectivity index (χ2n) is 5.17. The van der Waals surface area contributed by atoms with Crippen LogP contribution in [0.4, 0.5) is 0 Å². The highest BCUT2D eigenvalue weighted by Crippen LogP contribution is 2.32. The van der Waals surface area contributed by atoms with Gasteiger partial charge in [0.1, 0.15) is 5.76 Å². The number of amides is 1. The molecule has 19 heavy (non-hydrogen) atoms. The molecule has 3 nitrogen and oxygen atoms in total. The Labute approximate surface area is 116 Å². The number of nitrogens with one attached hydrogen (secondary N) is 1. The number of fused-ring (bicyclic) bond motifs is 1.